The van der Waals surface area contributed by atoms with Crippen molar-refractivity contribution in [3.63, 3.8) is 0 Å². The van der Waals surface area contributed by atoms with E-state index in [1.807, 2.05) is 18.3 Å². The van der Waals surface area contributed by atoms with Crippen LogP contribution in [0.3, 0.4) is 0 Å². The lowest BCUT2D eigenvalue weighted by Gasteiger charge is -2.28. The first-order chi connectivity index (χ1) is 11.7. The summed E-state index contributed by atoms with van der Waals surface area (Å²) in [5.74, 6) is 1.76. The summed E-state index contributed by atoms with van der Waals surface area (Å²) in [5.41, 5.74) is 1.08. The molecule has 0 bridgehead atoms. The minimum atomic E-state index is 0.0626. The predicted molar refractivity (Wildman–Crippen MR) is 95.3 cm³/mol. The van der Waals surface area contributed by atoms with E-state index in [1.165, 1.54) is 12.8 Å². The van der Waals surface area contributed by atoms with Gasteiger partial charge in [0, 0.05) is 19.5 Å². The zero-order chi connectivity index (χ0) is 16.8. The maximum Gasteiger partial charge on any atom is 0.225 e. The zero-order valence-electron chi connectivity index (χ0n) is 14.5. The van der Waals surface area contributed by atoms with Crippen LogP contribution in [0.1, 0.15) is 26.2 Å². The quantitative estimate of drug-likeness (QED) is 0.862. The van der Waals surface area contributed by atoms with Gasteiger partial charge in [0.1, 0.15) is 5.82 Å². The summed E-state index contributed by atoms with van der Waals surface area (Å²) >= 11 is 0. The van der Waals surface area contributed by atoms with E-state index in [0.29, 0.717) is 24.1 Å². The van der Waals surface area contributed by atoms with Gasteiger partial charge in [-0.05, 0) is 49.9 Å². The highest BCUT2D eigenvalue weighted by Gasteiger charge is 2.22. The Morgan fingerprint density at radius 1 is 1.38 bits per heavy atom. The van der Waals surface area contributed by atoms with Crippen molar-refractivity contribution in [3.8, 4) is 0 Å². The molecule has 24 heavy (non-hydrogen) atoms. The first kappa shape index (κ1) is 17.2. The smallest absolute Gasteiger partial charge is 0.225 e. The number of pyridine rings is 1. The topological polar surface area (TPSA) is 66.5 Å². The van der Waals surface area contributed by atoms with Crippen molar-refractivity contribution in [2.45, 2.75) is 26.2 Å². The Kier molecular flexibility index (Phi) is 6.04. The molecule has 2 fully saturated rings. The Labute approximate surface area is 144 Å². The largest absolute Gasteiger partial charge is 0.378 e. The molecule has 1 aromatic heterocycles. The third kappa shape index (κ3) is 4.68. The lowest BCUT2D eigenvalue weighted by molar-refractivity contribution is -0.117. The van der Waals surface area contributed by atoms with Crippen molar-refractivity contribution in [1.82, 2.24) is 10.3 Å². The number of hydrogen-bond acceptors (Lipinski definition) is 5. The average molecular weight is 332 g/mol. The fraction of sp³-hybridized carbons (Fsp3) is 0.667. The van der Waals surface area contributed by atoms with Crippen LogP contribution in [-0.4, -0.2) is 50.3 Å². The van der Waals surface area contributed by atoms with Crippen LogP contribution in [0.4, 0.5) is 11.5 Å². The van der Waals surface area contributed by atoms with Crippen LogP contribution >= 0.6 is 0 Å². The van der Waals surface area contributed by atoms with Crippen molar-refractivity contribution in [2.24, 2.45) is 11.8 Å². The summed E-state index contributed by atoms with van der Waals surface area (Å²) in [5, 5.41) is 6.31. The Hall–Kier alpha value is -1.66. The molecule has 3 heterocycles. The van der Waals surface area contributed by atoms with Crippen LogP contribution in [0.25, 0.3) is 0 Å². The molecule has 0 saturated carbocycles. The molecule has 6 heteroatoms. The maximum absolute atomic E-state index is 12.3. The number of ether oxygens (including phenoxy) is 1. The molecule has 1 aromatic rings. The van der Waals surface area contributed by atoms with Crippen molar-refractivity contribution in [3.05, 3.63) is 18.3 Å². The molecule has 0 aromatic carbocycles. The SMILES string of the molecule is CC(CC(=O)Nc1ccc(N2CCOCC2)cn1)C1CCNCC1. The van der Waals surface area contributed by atoms with Gasteiger partial charge >= 0.3 is 0 Å². The molecule has 1 atom stereocenters. The van der Waals surface area contributed by atoms with E-state index in [0.717, 1.165) is 45.1 Å². The van der Waals surface area contributed by atoms with Gasteiger partial charge in [0.15, 0.2) is 0 Å². The van der Waals surface area contributed by atoms with Crippen LogP contribution in [0.5, 0.6) is 0 Å². The number of carbonyl (C=O) groups is 1. The molecule has 2 aliphatic rings. The van der Waals surface area contributed by atoms with Crippen LogP contribution in [0.15, 0.2) is 18.3 Å². The third-order valence-electron chi connectivity index (χ3n) is 5.09. The van der Waals surface area contributed by atoms with Gasteiger partial charge in [-0.1, -0.05) is 6.92 Å². The molecule has 0 aliphatic carbocycles. The van der Waals surface area contributed by atoms with E-state index in [1.54, 1.807) is 0 Å². The second kappa shape index (κ2) is 8.44. The number of morpholine rings is 1. The number of rotatable bonds is 5. The van der Waals surface area contributed by atoms with Crippen molar-refractivity contribution < 1.29 is 9.53 Å². The van der Waals surface area contributed by atoms with Crippen LogP contribution in [-0.2, 0) is 9.53 Å². The highest BCUT2D eigenvalue weighted by Crippen LogP contribution is 2.24. The molecule has 2 N–H and O–H groups in total. The highest BCUT2D eigenvalue weighted by atomic mass is 16.5. The van der Waals surface area contributed by atoms with Crippen LogP contribution in [0.2, 0.25) is 0 Å². The van der Waals surface area contributed by atoms with E-state index in [-0.39, 0.29) is 5.91 Å². The third-order valence-corrected chi connectivity index (χ3v) is 5.09. The summed E-state index contributed by atoms with van der Waals surface area (Å²) < 4.78 is 5.36. The van der Waals surface area contributed by atoms with E-state index in [4.69, 9.17) is 4.74 Å². The van der Waals surface area contributed by atoms with Gasteiger partial charge in [-0.3, -0.25) is 4.79 Å². The summed E-state index contributed by atoms with van der Waals surface area (Å²) in [6.45, 7) is 7.62. The summed E-state index contributed by atoms with van der Waals surface area (Å²) in [6, 6.07) is 3.90. The highest BCUT2D eigenvalue weighted by molar-refractivity contribution is 5.90. The van der Waals surface area contributed by atoms with Crippen molar-refractivity contribution in [2.75, 3.05) is 49.6 Å². The zero-order valence-corrected chi connectivity index (χ0v) is 14.5. The Bertz CT molecular complexity index is 522. The lowest BCUT2D eigenvalue weighted by atomic mass is 9.84. The number of hydrogen-bond donors (Lipinski definition) is 2. The molecule has 132 valence electrons. The molecule has 1 amide bonds. The van der Waals surface area contributed by atoms with Gasteiger partial charge in [-0.15, -0.1) is 0 Å². The van der Waals surface area contributed by atoms with E-state index in [2.05, 4.69) is 27.4 Å². The molecule has 6 nitrogen and oxygen atoms in total. The van der Waals surface area contributed by atoms with Crippen LogP contribution in [0, 0.1) is 11.8 Å². The summed E-state index contributed by atoms with van der Waals surface area (Å²) in [4.78, 5) is 18.9. The second-order valence-electron chi connectivity index (χ2n) is 6.82. The minimum Gasteiger partial charge on any atom is -0.378 e. The standard InChI is InChI=1S/C18H28N4O2/c1-14(15-4-6-19-7-5-15)12-18(23)21-17-3-2-16(13-20-17)22-8-10-24-11-9-22/h2-3,13-15,19H,4-12H2,1H3,(H,20,21,23). The van der Waals surface area contributed by atoms with Gasteiger partial charge in [0.05, 0.1) is 25.1 Å². The molecular formula is C18H28N4O2. The Balaban J connectivity index is 1.48. The van der Waals surface area contributed by atoms with Crippen LogP contribution < -0.4 is 15.5 Å². The fourth-order valence-electron chi connectivity index (χ4n) is 3.53. The molecule has 1 unspecified atom stereocenters. The molecule has 0 radical (unpaired) electrons. The van der Waals surface area contributed by atoms with Gasteiger partial charge in [0.25, 0.3) is 0 Å². The van der Waals surface area contributed by atoms with E-state index in [9.17, 15) is 4.79 Å². The monoisotopic (exact) mass is 332 g/mol. The Morgan fingerprint density at radius 3 is 2.79 bits per heavy atom. The molecule has 0 spiro atoms. The number of amides is 1. The van der Waals surface area contributed by atoms with Gasteiger partial charge < -0.3 is 20.3 Å². The van der Waals surface area contributed by atoms with E-state index >= 15 is 0 Å². The molecular weight excluding hydrogens is 304 g/mol. The first-order valence-corrected chi connectivity index (χ1v) is 9.01. The number of nitrogens with one attached hydrogen (secondary N) is 2. The minimum absolute atomic E-state index is 0.0626. The normalized spacial score (nSPS) is 20.6. The number of aromatic nitrogens is 1. The number of carbonyl (C=O) groups excluding carboxylic acids is 1. The lowest BCUT2D eigenvalue weighted by Crippen LogP contribution is -2.36. The number of piperidine rings is 1. The van der Waals surface area contributed by atoms with Gasteiger partial charge in [-0.2, -0.15) is 0 Å². The average Bonchev–Trinajstić information content (AvgIpc) is 2.64. The Morgan fingerprint density at radius 2 is 2.12 bits per heavy atom. The van der Waals surface area contributed by atoms with E-state index < -0.39 is 0 Å². The van der Waals surface area contributed by atoms with Crippen molar-refractivity contribution in [1.29, 1.82) is 0 Å². The molecule has 2 aliphatic heterocycles. The second-order valence-corrected chi connectivity index (χ2v) is 6.82. The fourth-order valence-corrected chi connectivity index (χ4v) is 3.53. The predicted octanol–water partition coefficient (Wildman–Crippen LogP) is 1.88. The maximum atomic E-state index is 12.3. The molecule has 2 saturated heterocycles. The van der Waals surface area contributed by atoms with Gasteiger partial charge in [-0.25, -0.2) is 4.98 Å². The first-order valence-electron chi connectivity index (χ1n) is 9.01. The molecule has 3 rings (SSSR count). The number of nitrogens with zero attached hydrogens (tertiary/aromatic N) is 2. The summed E-state index contributed by atoms with van der Waals surface area (Å²) in [7, 11) is 0. The van der Waals surface area contributed by atoms with Crippen molar-refractivity contribution >= 4 is 17.4 Å². The van der Waals surface area contributed by atoms with Gasteiger partial charge in [0.2, 0.25) is 5.91 Å². The number of anilines is 2. The summed E-state index contributed by atoms with van der Waals surface area (Å²) in [6.07, 6.45) is 4.73.